The number of benzene rings is 1. The maximum Gasteiger partial charge on any atom is 0.329 e. The van der Waals surface area contributed by atoms with Crippen LogP contribution in [0.1, 0.15) is 26.2 Å². The van der Waals surface area contributed by atoms with Crippen molar-refractivity contribution in [1.82, 2.24) is 9.88 Å². The van der Waals surface area contributed by atoms with E-state index in [-0.39, 0.29) is 18.7 Å². The van der Waals surface area contributed by atoms with Crippen molar-refractivity contribution in [2.75, 3.05) is 7.05 Å². The van der Waals surface area contributed by atoms with Gasteiger partial charge >= 0.3 is 5.97 Å². The van der Waals surface area contributed by atoms with E-state index < -0.39 is 11.5 Å². The van der Waals surface area contributed by atoms with Gasteiger partial charge in [-0.1, -0.05) is 23.7 Å². The van der Waals surface area contributed by atoms with E-state index in [0.717, 1.165) is 5.56 Å². The molecule has 0 radical (unpaired) electrons. The summed E-state index contributed by atoms with van der Waals surface area (Å²) < 4.78 is 5.63. The Morgan fingerprint density at radius 1 is 1.33 bits per heavy atom. The second-order valence-electron chi connectivity index (χ2n) is 5.92. The van der Waals surface area contributed by atoms with Gasteiger partial charge in [0, 0.05) is 25.5 Å². The van der Waals surface area contributed by atoms with Gasteiger partial charge in [0.1, 0.15) is 5.54 Å². The molecule has 128 valence electrons. The lowest BCUT2D eigenvalue weighted by atomic mass is 10.0. The maximum atomic E-state index is 12.2. The molecular weight excluding hydrogens is 332 g/mol. The number of oxazole rings is 1. The van der Waals surface area contributed by atoms with Gasteiger partial charge in [-0.05, 0) is 26.0 Å². The van der Waals surface area contributed by atoms with Crippen LogP contribution in [0, 0.1) is 0 Å². The van der Waals surface area contributed by atoms with Gasteiger partial charge in [-0.2, -0.15) is 0 Å². The van der Waals surface area contributed by atoms with Crippen molar-refractivity contribution in [3.8, 4) is 11.3 Å². The number of likely N-dealkylation sites (N-methyl/N-ethyl adjacent to an activating group) is 1. The molecule has 0 saturated heterocycles. The number of aromatic nitrogens is 1. The molecule has 0 aliphatic heterocycles. The lowest BCUT2D eigenvalue weighted by Gasteiger charge is -2.31. The van der Waals surface area contributed by atoms with Crippen molar-refractivity contribution in [3.05, 3.63) is 41.4 Å². The molecular formula is C17H19ClN2O4. The minimum absolute atomic E-state index is 0.107. The van der Waals surface area contributed by atoms with Crippen molar-refractivity contribution in [2.45, 2.75) is 32.2 Å². The topological polar surface area (TPSA) is 83.6 Å². The van der Waals surface area contributed by atoms with Crippen LogP contribution in [0.3, 0.4) is 0 Å². The Kier molecular flexibility index (Phi) is 5.29. The molecule has 0 unspecified atom stereocenters. The number of carbonyl (C=O) groups is 2. The Balaban J connectivity index is 2.02. The molecule has 2 rings (SSSR count). The summed E-state index contributed by atoms with van der Waals surface area (Å²) >= 11 is 6.11. The van der Waals surface area contributed by atoms with Crippen LogP contribution in [0.4, 0.5) is 0 Å². The average molecular weight is 351 g/mol. The molecule has 2 aromatic rings. The second-order valence-corrected chi connectivity index (χ2v) is 6.32. The third-order valence-corrected chi connectivity index (χ3v) is 4.31. The largest absolute Gasteiger partial charge is 0.480 e. The van der Waals surface area contributed by atoms with Gasteiger partial charge in [-0.25, -0.2) is 9.78 Å². The number of rotatable bonds is 6. The molecule has 0 spiro atoms. The van der Waals surface area contributed by atoms with E-state index in [0.29, 0.717) is 16.7 Å². The second kappa shape index (κ2) is 7.05. The first-order valence-corrected chi connectivity index (χ1v) is 7.81. The van der Waals surface area contributed by atoms with Crippen LogP contribution in [0.5, 0.6) is 0 Å². The Labute approximate surface area is 145 Å². The highest BCUT2D eigenvalue weighted by Gasteiger charge is 2.34. The van der Waals surface area contributed by atoms with Crippen LogP contribution in [-0.4, -0.2) is 39.5 Å². The number of hydrogen-bond acceptors (Lipinski definition) is 4. The van der Waals surface area contributed by atoms with E-state index in [1.54, 1.807) is 12.3 Å². The molecule has 0 bridgehead atoms. The van der Waals surface area contributed by atoms with Crippen molar-refractivity contribution in [1.29, 1.82) is 0 Å². The number of carboxylic acids is 1. The first-order chi connectivity index (χ1) is 11.2. The summed E-state index contributed by atoms with van der Waals surface area (Å²) in [6.45, 7) is 2.96. The van der Waals surface area contributed by atoms with Crippen LogP contribution in [0.15, 0.2) is 34.9 Å². The zero-order valence-corrected chi connectivity index (χ0v) is 14.5. The maximum absolute atomic E-state index is 12.2. The van der Waals surface area contributed by atoms with Gasteiger partial charge in [0.05, 0.1) is 11.2 Å². The summed E-state index contributed by atoms with van der Waals surface area (Å²) in [6, 6.07) is 7.24. The molecule has 1 N–H and O–H groups in total. The fourth-order valence-electron chi connectivity index (χ4n) is 2.05. The quantitative estimate of drug-likeness (QED) is 0.864. The van der Waals surface area contributed by atoms with E-state index in [4.69, 9.17) is 21.1 Å². The zero-order chi connectivity index (χ0) is 17.9. The number of aryl methyl sites for hydroxylation is 1. The standard InChI is InChI=1S/C17H19ClN2O4/c1-17(2,16(22)23)20(3)15(21)9-8-14-19-10-13(24-14)11-6-4-5-7-12(11)18/h4-7,10H,8-9H2,1-3H3,(H,22,23). The number of hydrogen-bond donors (Lipinski definition) is 1. The molecule has 0 atom stereocenters. The Hall–Kier alpha value is -2.34. The zero-order valence-electron chi connectivity index (χ0n) is 13.7. The van der Waals surface area contributed by atoms with Gasteiger partial charge in [0.2, 0.25) is 5.91 Å². The molecule has 0 saturated carbocycles. The number of amides is 1. The number of aliphatic carboxylic acids is 1. The van der Waals surface area contributed by atoms with Crippen molar-refractivity contribution < 1.29 is 19.1 Å². The van der Waals surface area contributed by atoms with Crippen LogP contribution in [0.25, 0.3) is 11.3 Å². The Bertz CT molecular complexity index is 755. The third-order valence-electron chi connectivity index (χ3n) is 3.98. The summed E-state index contributed by atoms with van der Waals surface area (Å²) in [4.78, 5) is 28.7. The Morgan fingerprint density at radius 2 is 2.00 bits per heavy atom. The lowest BCUT2D eigenvalue weighted by Crippen LogP contribution is -2.50. The average Bonchev–Trinajstić information content (AvgIpc) is 3.00. The normalized spacial score (nSPS) is 11.3. The van der Waals surface area contributed by atoms with E-state index in [1.165, 1.54) is 25.8 Å². The summed E-state index contributed by atoms with van der Waals surface area (Å²) in [5.74, 6) is -0.419. The molecule has 1 heterocycles. The van der Waals surface area contributed by atoms with Gasteiger partial charge in [-0.15, -0.1) is 0 Å². The molecule has 0 aliphatic carbocycles. The van der Waals surface area contributed by atoms with Crippen molar-refractivity contribution in [2.24, 2.45) is 0 Å². The van der Waals surface area contributed by atoms with Crippen LogP contribution < -0.4 is 0 Å². The fraction of sp³-hybridized carbons (Fsp3) is 0.353. The summed E-state index contributed by atoms with van der Waals surface area (Å²) in [5.41, 5.74) is -0.537. The Morgan fingerprint density at radius 3 is 2.62 bits per heavy atom. The summed E-state index contributed by atoms with van der Waals surface area (Å²) in [7, 11) is 1.47. The minimum atomic E-state index is -1.27. The number of carbonyl (C=O) groups excluding carboxylic acids is 1. The van der Waals surface area contributed by atoms with Crippen LogP contribution >= 0.6 is 11.6 Å². The van der Waals surface area contributed by atoms with Gasteiger partial charge < -0.3 is 14.4 Å². The third kappa shape index (κ3) is 3.76. The summed E-state index contributed by atoms with van der Waals surface area (Å²) in [6.07, 6.45) is 1.95. The SMILES string of the molecule is CN(C(=O)CCc1ncc(-c2ccccc2Cl)o1)C(C)(C)C(=O)O. The smallest absolute Gasteiger partial charge is 0.329 e. The molecule has 6 nitrogen and oxygen atoms in total. The highest BCUT2D eigenvalue weighted by molar-refractivity contribution is 6.33. The van der Waals surface area contributed by atoms with Gasteiger partial charge in [0.15, 0.2) is 11.7 Å². The summed E-state index contributed by atoms with van der Waals surface area (Å²) in [5, 5.41) is 9.72. The van der Waals surface area contributed by atoms with Crippen molar-refractivity contribution in [3.63, 3.8) is 0 Å². The van der Waals surface area contributed by atoms with Gasteiger partial charge in [-0.3, -0.25) is 4.79 Å². The van der Waals surface area contributed by atoms with E-state index in [2.05, 4.69) is 4.98 Å². The van der Waals surface area contributed by atoms with Crippen LogP contribution in [0.2, 0.25) is 5.02 Å². The van der Waals surface area contributed by atoms with Gasteiger partial charge in [0.25, 0.3) is 0 Å². The fourth-order valence-corrected chi connectivity index (χ4v) is 2.28. The molecule has 1 amide bonds. The highest BCUT2D eigenvalue weighted by atomic mass is 35.5. The minimum Gasteiger partial charge on any atom is -0.480 e. The van der Waals surface area contributed by atoms with E-state index in [9.17, 15) is 9.59 Å². The number of halogens is 1. The molecule has 1 aromatic heterocycles. The highest BCUT2D eigenvalue weighted by Crippen LogP contribution is 2.28. The predicted octanol–water partition coefficient (Wildman–Crippen LogP) is 3.25. The number of nitrogens with zero attached hydrogens (tertiary/aromatic N) is 2. The lowest BCUT2D eigenvalue weighted by molar-refractivity contribution is -0.155. The van der Waals surface area contributed by atoms with Crippen LogP contribution in [-0.2, 0) is 16.0 Å². The molecule has 24 heavy (non-hydrogen) atoms. The monoisotopic (exact) mass is 350 g/mol. The number of carboxylic acid groups (broad SMARTS) is 1. The molecule has 7 heteroatoms. The molecule has 0 fully saturated rings. The molecule has 0 aliphatic rings. The predicted molar refractivity (Wildman–Crippen MR) is 89.8 cm³/mol. The van der Waals surface area contributed by atoms with E-state index >= 15 is 0 Å². The van der Waals surface area contributed by atoms with E-state index in [1.807, 2.05) is 18.2 Å². The molecule has 1 aromatic carbocycles. The first-order valence-electron chi connectivity index (χ1n) is 7.43. The first kappa shape index (κ1) is 18.0. The van der Waals surface area contributed by atoms with Crippen molar-refractivity contribution >= 4 is 23.5 Å².